The van der Waals surface area contributed by atoms with Gasteiger partial charge in [0.15, 0.2) is 0 Å². The molecule has 3 rings (SSSR count). The molecule has 3 aliphatic heterocycles. The van der Waals surface area contributed by atoms with Gasteiger partial charge in [0.05, 0.1) is 24.9 Å². The lowest BCUT2D eigenvalue weighted by Gasteiger charge is -2.47. The summed E-state index contributed by atoms with van der Waals surface area (Å²) in [5.74, 6) is 4.42. The molecule has 0 aromatic rings. The van der Waals surface area contributed by atoms with Gasteiger partial charge in [-0.2, -0.15) is 23.5 Å². The lowest BCUT2D eigenvalue weighted by Crippen LogP contribution is -2.50. The topological polar surface area (TPSA) is 27.7 Å². The summed E-state index contributed by atoms with van der Waals surface area (Å²) in [6, 6.07) is 0. The monoisotopic (exact) mass is 458 g/mol. The van der Waals surface area contributed by atoms with E-state index in [4.69, 9.17) is 14.2 Å². The summed E-state index contributed by atoms with van der Waals surface area (Å²) in [4.78, 5) is 0. The van der Waals surface area contributed by atoms with Crippen LogP contribution in [0, 0.1) is 23.2 Å². The Kier molecular flexibility index (Phi) is 8.60. The molecule has 3 saturated heterocycles. The summed E-state index contributed by atoms with van der Waals surface area (Å²) in [6.07, 6.45) is 5.11. The van der Waals surface area contributed by atoms with Crippen LogP contribution in [0.4, 0.5) is 0 Å². The van der Waals surface area contributed by atoms with E-state index in [1.807, 2.05) is 0 Å². The third kappa shape index (κ3) is 5.92. The first kappa shape index (κ1) is 25.2. The van der Waals surface area contributed by atoms with Crippen molar-refractivity contribution < 1.29 is 14.2 Å². The van der Waals surface area contributed by atoms with Gasteiger partial charge in [0.1, 0.15) is 0 Å². The standard InChI is InChI=1S/C25H46O3S2/c1-18(2)24(6)16-27-14-21(28-24)12-20(4)25(7)17-29-15-22(30-25)13-19(3)23(5)8-10-26-11-9-23/h18-22H,8-17H2,1-7H3. The fraction of sp³-hybridized carbons (Fsp3) is 1.00. The van der Waals surface area contributed by atoms with Crippen LogP contribution in [0.3, 0.4) is 0 Å². The van der Waals surface area contributed by atoms with E-state index in [-0.39, 0.29) is 11.7 Å². The van der Waals surface area contributed by atoms with Crippen molar-refractivity contribution in [3.8, 4) is 0 Å². The molecule has 0 bridgehead atoms. The predicted molar refractivity (Wildman–Crippen MR) is 132 cm³/mol. The van der Waals surface area contributed by atoms with Crippen molar-refractivity contribution >= 4 is 23.5 Å². The Bertz CT molecular complexity index is 551. The molecular formula is C25H46O3S2. The smallest absolute Gasteiger partial charge is 0.0914 e. The number of thioether (sulfide) groups is 2. The third-order valence-electron chi connectivity index (χ3n) is 8.58. The van der Waals surface area contributed by atoms with Crippen LogP contribution in [0.1, 0.15) is 74.1 Å². The van der Waals surface area contributed by atoms with Crippen LogP contribution in [0.2, 0.25) is 0 Å². The molecule has 0 spiro atoms. The minimum atomic E-state index is -0.144. The van der Waals surface area contributed by atoms with Gasteiger partial charge in [-0.05, 0) is 62.7 Å². The highest BCUT2D eigenvalue weighted by atomic mass is 32.2. The predicted octanol–water partition coefficient (Wildman–Crippen LogP) is 6.29. The van der Waals surface area contributed by atoms with E-state index in [2.05, 4.69) is 72.0 Å². The first-order valence-electron chi connectivity index (χ1n) is 12.2. The van der Waals surface area contributed by atoms with Crippen LogP contribution < -0.4 is 0 Å². The maximum Gasteiger partial charge on any atom is 0.0914 e. The van der Waals surface area contributed by atoms with Gasteiger partial charge >= 0.3 is 0 Å². The van der Waals surface area contributed by atoms with Gasteiger partial charge in [-0.1, -0.05) is 34.6 Å². The fourth-order valence-corrected chi connectivity index (χ4v) is 8.89. The zero-order valence-electron chi connectivity index (χ0n) is 20.5. The van der Waals surface area contributed by atoms with Gasteiger partial charge in [0.25, 0.3) is 0 Å². The number of hydrogen-bond donors (Lipinski definition) is 0. The lowest BCUT2D eigenvalue weighted by atomic mass is 9.70. The molecule has 3 nitrogen and oxygen atoms in total. The van der Waals surface area contributed by atoms with Gasteiger partial charge in [0, 0.05) is 34.7 Å². The molecule has 0 N–H and O–H groups in total. The van der Waals surface area contributed by atoms with Crippen molar-refractivity contribution in [1.82, 2.24) is 0 Å². The van der Waals surface area contributed by atoms with E-state index in [9.17, 15) is 0 Å². The molecule has 0 aliphatic carbocycles. The van der Waals surface area contributed by atoms with E-state index < -0.39 is 0 Å². The molecule has 0 saturated carbocycles. The molecule has 30 heavy (non-hydrogen) atoms. The maximum atomic E-state index is 6.57. The molecule has 176 valence electrons. The number of rotatable bonds is 7. The van der Waals surface area contributed by atoms with E-state index in [0.29, 0.717) is 22.0 Å². The number of hydrogen-bond acceptors (Lipinski definition) is 5. The molecule has 3 heterocycles. The molecule has 0 aromatic carbocycles. The Balaban J connectivity index is 1.56. The first-order valence-corrected chi connectivity index (χ1v) is 14.2. The Morgan fingerprint density at radius 1 is 0.933 bits per heavy atom. The van der Waals surface area contributed by atoms with Crippen molar-refractivity contribution in [2.45, 2.75) is 95.9 Å². The van der Waals surface area contributed by atoms with Crippen molar-refractivity contribution in [2.24, 2.45) is 23.2 Å². The second kappa shape index (κ2) is 10.2. The van der Waals surface area contributed by atoms with Crippen molar-refractivity contribution in [3.05, 3.63) is 0 Å². The second-order valence-corrected chi connectivity index (χ2v) is 14.2. The average Bonchev–Trinajstić information content (AvgIpc) is 2.68. The summed E-state index contributed by atoms with van der Waals surface area (Å²) < 4.78 is 18.5. The molecular weight excluding hydrogens is 412 g/mol. The van der Waals surface area contributed by atoms with Gasteiger partial charge in [-0.3, -0.25) is 0 Å². The highest BCUT2D eigenvalue weighted by molar-refractivity contribution is 8.07. The SMILES string of the molecule is CC(CC1CSCC(C)(C(C)CC2COCC(C)(C(C)C)O2)S1)C1(C)CCOCC1. The fourth-order valence-electron chi connectivity index (χ4n) is 5.13. The zero-order chi connectivity index (χ0) is 22.0. The normalized spacial score (nSPS) is 39.6. The van der Waals surface area contributed by atoms with Crippen molar-refractivity contribution in [1.29, 1.82) is 0 Å². The molecule has 5 heteroatoms. The van der Waals surface area contributed by atoms with E-state index in [1.165, 1.54) is 30.8 Å². The van der Waals surface area contributed by atoms with Crippen molar-refractivity contribution in [2.75, 3.05) is 37.9 Å². The van der Waals surface area contributed by atoms with E-state index in [1.54, 1.807) is 0 Å². The van der Waals surface area contributed by atoms with Gasteiger partial charge in [-0.15, -0.1) is 0 Å². The van der Waals surface area contributed by atoms with Gasteiger partial charge in [-0.25, -0.2) is 0 Å². The molecule has 6 atom stereocenters. The van der Waals surface area contributed by atoms with E-state index >= 15 is 0 Å². The van der Waals surface area contributed by atoms with Crippen LogP contribution in [-0.2, 0) is 14.2 Å². The molecule has 6 unspecified atom stereocenters. The molecule has 0 radical (unpaired) electrons. The first-order chi connectivity index (χ1) is 14.1. The maximum absolute atomic E-state index is 6.57. The zero-order valence-corrected chi connectivity index (χ0v) is 22.1. The third-order valence-corrected chi connectivity index (χ3v) is 12.2. The minimum absolute atomic E-state index is 0.144. The van der Waals surface area contributed by atoms with E-state index in [0.717, 1.165) is 44.0 Å². The summed E-state index contributed by atoms with van der Waals surface area (Å²) >= 11 is 4.45. The summed E-state index contributed by atoms with van der Waals surface area (Å²) in [5.41, 5.74) is 0.312. The highest BCUT2D eigenvalue weighted by Gasteiger charge is 2.43. The molecule has 3 aliphatic rings. The largest absolute Gasteiger partial charge is 0.381 e. The minimum Gasteiger partial charge on any atom is -0.381 e. The number of ether oxygens (including phenoxy) is 3. The quantitative estimate of drug-likeness (QED) is 0.447. The second-order valence-electron chi connectivity index (χ2n) is 11.3. The Hall–Kier alpha value is 0.580. The van der Waals surface area contributed by atoms with Crippen LogP contribution in [0.25, 0.3) is 0 Å². The van der Waals surface area contributed by atoms with Crippen LogP contribution in [-0.4, -0.2) is 59.6 Å². The van der Waals surface area contributed by atoms with Crippen LogP contribution >= 0.6 is 23.5 Å². The summed E-state index contributed by atoms with van der Waals surface area (Å²) in [7, 11) is 0. The Labute approximate surface area is 194 Å². The average molecular weight is 459 g/mol. The van der Waals surface area contributed by atoms with Gasteiger partial charge < -0.3 is 14.2 Å². The molecule has 0 amide bonds. The molecule has 3 fully saturated rings. The Morgan fingerprint density at radius 3 is 2.30 bits per heavy atom. The summed E-state index contributed by atoms with van der Waals surface area (Å²) in [6.45, 7) is 20.0. The van der Waals surface area contributed by atoms with Crippen molar-refractivity contribution in [3.63, 3.8) is 0 Å². The summed E-state index contributed by atoms with van der Waals surface area (Å²) in [5, 5.41) is 0.760. The van der Waals surface area contributed by atoms with Crippen LogP contribution in [0.15, 0.2) is 0 Å². The van der Waals surface area contributed by atoms with Gasteiger partial charge in [0.2, 0.25) is 0 Å². The lowest BCUT2D eigenvalue weighted by molar-refractivity contribution is -0.212. The Morgan fingerprint density at radius 2 is 1.63 bits per heavy atom. The van der Waals surface area contributed by atoms with Crippen LogP contribution in [0.5, 0.6) is 0 Å². The molecule has 0 aromatic heterocycles. The highest BCUT2D eigenvalue weighted by Crippen LogP contribution is 2.49.